The summed E-state index contributed by atoms with van der Waals surface area (Å²) >= 11 is 0. The second kappa shape index (κ2) is 5.18. The molecule has 0 aliphatic carbocycles. The summed E-state index contributed by atoms with van der Waals surface area (Å²) in [4.78, 5) is 10.8. The van der Waals surface area contributed by atoms with E-state index < -0.39 is 5.54 Å². The molecule has 1 aliphatic rings. The smallest absolute Gasteiger partial charge is 0.272 e. The molecule has 2 N–H and O–H groups in total. The molecule has 0 amide bonds. The Morgan fingerprint density at radius 1 is 1.19 bits per heavy atom. The maximum Gasteiger partial charge on any atom is 0.272 e. The third-order valence-corrected chi connectivity index (χ3v) is 3.92. The maximum atomic E-state index is 11.2. The predicted octanol–water partition coefficient (Wildman–Crippen LogP) is 2.77. The van der Waals surface area contributed by atoms with Gasteiger partial charge in [0.2, 0.25) is 0 Å². The zero-order valence-electron chi connectivity index (χ0n) is 11.5. The van der Waals surface area contributed by atoms with Crippen molar-refractivity contribution in [1.82, 2.24) is 0 Å². The van der Waals surface area contributed by atoms with Crippen molar-refractivity contribution in [1.29, 1.82) is 0 Å². The Bertz CT molecular complexity index is 687. The van der Waals surface area contributed by atoms with Gasteiger partial charge in [-0.1, -0.05) is 36.4 Å². The van der Waals surface area contributed by atoms with Crippen LogP contribution in [0.1, 0.15) is 17.5 Å². The number of hydrogen-bond donors (Lipinski definition) is 1. The minimum absolute atomic E-state index is 0.117. The number of nitrogens with two attached hydrogens (primary N) is 1. The fraction of sp³-hybridized carbons (Fsp3) is 0.250. The number of hydrogen-bond acceptors (Lipinski definition) is 4. The van der Waals surface area contributed by atoms with Crippen LogP contribution in [0, 0.1) is 10.1 Å². The van der Waals surface area contributed by atoms with Gasteiger partial charge in [0.05, 0.1) is 17.1 Å². The van der Waals surface area contributed by atoms with Gasteiger partial charge in [-0.2, -0.15) is 0 Å². The van der Waals surface area contributed by atoms with Gasteiger partial charge >= 0.3 is 0 Å². The number of rotatable bonds is 3. The molecule has 0 aromatic heterocycles. The van der Waals surface area contributed by atoms with Crippen molar-refractivity contribution in [2.45, 2.75) is 18.4 Å². The first-order valence-electron chi connectivity index (χ1n) is 6.84. The third-order valence-electron chi connectivity index (χ3n) is 3.92. The normalized spacial score (nSPS) is 20.4. The van der Waals surface area contributed by atoms with Crippen LogP contribution in [-0.4, -0.2) is 11.5 Å². The second-order valence-electron chi connectivity index (χ2n) is 5.31. The average molecular weight is 284 g/mol. The summed E-state index contributed by atoms with van der Waals surface area (Å²) in [5, 5.41) is 11.2. The first kappa shape index (κ1) is 13.6. The van der Waals surface area contributed by atoms with Gasteiger partial charge in [-0.25, -0.2) is 0 Å². The van der Waals surface area contributed by atoms with E-state index in [1.807, 2.05) is 24.3 Å². The summed E-state index contributed by atoms with van der Waals surface area (Å²) in [6.45, 7) is 0.522. The molecule has 0 fully saturated rings. The van der Waals surface area contributed by atoms with Crippen molar-refractivity contribution >= 4 is 5.69 Å². The molecule has 3 rings (SSSR count). The topological polar surface area (TPSA) is 78.4 Å². The monoisotopic (exact) mass is 284 g/mol. The summed E-state index contributed by atoms with van der Waals surface area (Å²) in [6.07, 6.45) is 1.06. The zero-order valence-corrected chi connectivity index (χ0v) is 11.5. The van der Waals surface area contributed by atoms with Crippen molar-refractivity contribution < 1.29 is 9.66 Å². The molecule has 1 atom stereocenters. The number of benzene rings is 2. The summed E-state index contributed by atoms with van der Waals surface area (Å²) in [5.41, 5.74) is 7.61. The Morgan fingerprint density at radius 3 is 2.71 bits per heavy atom. The number of nitro groups is 1. The molecule has 0 radical (unpaired) electrons. The van der Waals surface area contributed by atoms with Crippen LogP contribution in [0.5, 0.6) is 5.75 Å². The number of fused-ring (bicyclic) bond motifs is 1. The first-order valence-corrected chi connectivity index (χ1v) is 6.84. The van der Waals surface area contributed by atoms with Crippen molar-refractivity contribution in [3.05, 3.63) is 69.8 Å². The molecular weight excluding hydrogens is 268 g/mol. The number of para-hydroxylation sites is 2. The van der Waals surface area contributed by atoms with E-state index in [0.717, 1.165) is 11.3 Å². The van der Waals surface area contributed by atoms with E-state index in [1.165, 1.54) is 6.07 Å². The van der Waals surface area contributed by atoms with E-state index in [2.05, 4.69) is 0 Å². The largest absolute Gasteiger partial charge is 0.493 e. The lowest BCUT2D eigenvalue weighted by Crippen LogP contribution is -2.43. The Labute approximate surface area is 122 Å². The Hall–Kier alpha value is -2.40. The van der Waals surface area contributed by atoms with Crippen LogP contribution >= 0.6 is 0 Å². The predicted molar refractivity (Wildman–Crippen MR) is 79.2 cm³/mol. The average Bonchev–Trinajstić information content (AvgIpc) is 2.48. The minimum Gasteiger partial charge on any atom is -0.493 e. The molecule has 0 saturated heterocycles. The van der Waals surface area contributed by atoms with Gasteiger partial charge in [-0.15, -0.1) is 0 Å². The van der Waals surface area contributed by atoms with Crippen LogP contribution in [0.2, 0.25) is 0 Å². The van der Waals surface area contributed by atoms with Crippen molar-refractivity contribution in [3.8, 4) is 5.75 Å². The number of ether oxygens (including phenoxy) is 1. The summed E-state index contributed by atoms with van der Waals surface area (Å²) < 4.78 is 5.62. The van der Waals surface area contributed by atoms with Crippen LogP contribution < -0.4 is 10.5 Å². The molecular formula is C16H16N2O3. The molecule has 108 valence electrons. The standard InChI is InChI=1S/C16H16N2O3/c17-16(9-10-21-15-8-4-2-6-13(15)16)11-12-5-1-3-7-14(12)18(19)20/h1-8H,9-11,17H2. The van der Waals surface area contributed by atoms with Crippen LogP contribution in [0.15, 0.2) is 48.5 Å². The van der Waals surface area contributed by atoms with Crippen molar-refractivity contribution in [3.63, 3.8) is 0 Å². The molecule has 5 heteroatoms. The van der Waals surface area contributed by atoms with E-state index in [4.69, 9.17) is 10.5 Å². The van der Waals surface area contributed by atoms with E-state index in [0.29, 0.717) is 25.0 Å². The first-order chi connectivity index (χ1) is 10.1. The molecule has 5 nitrogen and oxygen atoms in total. The highest BCUT2D eigenvalue weighted by atomic mass is 16.6. The van der Waals surface area contributed by atoms with Gasteiger partial charge in [0.25, 0.3) is 5.69 Å². The van der Waals surface area contributed by atoms with E-state index in [9.17, 15) is 10.1 Å². The molecule has 2 aromatic rings. The van der Waals surface area contributed by atoms with E-state index in [1.54, 1.807) is 18.2 Å². The Balaban J connectivity index is 2.01. The van der Waals surface area contributed by atoms with Crippen LogP contribution in [0.25, 0.3) is 0 Å². The molecule has 0 saturated carbocycles. The minimum atomic E-state index is -0.638. The second-order valence-corrected chi connectivity index (χ2v) is 5.31. The quantitative estimate of drug-likeness (QED) is 0.694. The highest BCUT2D eigenvalue weighted by Crippen LogP contribution is 2.38. The fourth-order valence-electron chi connectivity index (χ4n) is 2.84. The van der Waals surface area contributed by atoms with E-state index in [-0.39, 0.29) is 10.6 Å². The third kappa shape index (κ3) is 2.48. The van der Waals surface area contributed by atoms with E-state index >= 15 is 0 Å². The van der Waals surface area contributed by atoms with Crippen molar-refractivity contribution in [2.75, 3.05) is 6.61 Å². The fourth-order valence-corrected chi connectivity index (χ4v) is 2.84. The summed E-state index contributed by atoms with van der Waals surface area (Å²) in [5.74, 6) is 0.768. The maximum absolute atomic E-state index is 11.2. The lowest BCUT2D eigenvalue weighted by atomic mass is 9.80. The number of nitrogens with zero attached hydrogens (tertiary/aromatic N) is 1. The van der Waals surface area contributed by atoms with Gasteiger partial charge in [0.1, 0.15) is 5.75 Å². The summed E-state index contributed by atoms with van der Waals surface area (Å²) in [6, 6.07) is 14.4. The Kier molecular flexibility index (Phi) is 3.35. The van der Waals surface area contributed by atoms with Gasteiger partial charge in [-0.05, 0) is 6.07 Å². The summed E-state index contributed by atoms with van der Waals surface area (Å²) in [7, 11) is 0. The lowest BCUT2D eigenvalue weighted by Gasteiger charge is -2.35. The molecule has 1 heterocycles. The van der Waals surface area contributed by atoms with Crippen molar-refractivity contribution in [2.24, 2.45) is 5.73 Å². The molecule has 1 unspecified atom stereocenters. The SMILES string of the molecule is NC1(Cc2ccccc2[N+](=O)[O-])CCOc2ccccc21. The van der Waals surface area contributed by atoms with Gasteiger partial charge in [0, 0.05) is 30.0 Å². The molecule has 21 heavy (non-hydrogen) atoms. The van der Waals surface area contributed by atoms with Crippen LogP contribution in [0.3, 0.4) is 0 Å². The molecule has 2 aromatic carbocycles. The lowest BCUT2D eigenvalue weighted by molar-refractivity contribution is -0.385. The van der Waals surface area contributed by atoms with Crippen LogP contribution in [0.4, 0.5) is 5.69 Å². The Morgan fingerprint density at radius 2 is 1.90 bits per heavy atom. The number of nitro benzene ring substituents is 1. The zero-order chi connectivity index (χ0) is 14.9. The molecule has 0 bridgehead atoms. The van der Waals surface area contributed by atoms with Crippen LogP contribution in [-0.2, 0) is 12.0 Å². The highest BCUT2D eigenvalue weighted by molar-refractivity contribution is 5.46. The van der Waals surface area contributed by atoms with Gasteiger partial charge < -0.3 is 10.5 Å². The van der Waals surface area contributed by atoms with Gasteiger partial charge in [-0.3, -0.25) is 10.1 Å². The highest BCUT2D eigenvalue weighted by Gasteiger charge is 2.35. The molecule has 0 spiro atoms. The molecule has 1 aliphatic heterocycles. The van der Waals surface area contributed by atoms with Gasteiger partial charge in [0.15, 0.2) is 0 Å².